The summed E-state index contributed by atoms with van der Waals surface area (Å²) in [6, 6.07) is 21.7. The molecule has 0 saturated carbocycles. The molecule has 5 rings (SSSR count). The van der Waals surface area contributed by atoms with Gasteiger partial charge in [-0.2, -0.15) is 0 Å². The monoisotopic (exact) mass is 409 g/mol. The molecule has 0 unspecified atom stereocenters. The summed E-state index contributed by atoms with van der Waals surface area (Å²) in [7, 11) is 1.65. The number of aromatic nitrogens is 2. The van der Waals surface area contributed by atoms with Crippen LogP contribution in [0.1, 0.15) is 21.5 Å². The third-order valence-electron chi connectivity index (χ3n) is 5.96. The SMILES string of the molecule is COc1ccc(-c2ncc3n2CN(C(=O)c2ccc(C)c(C)c2)c2ccccc2-3)cc1. The predicted molar refractivity (Wildman–Crippen MR) is 122 cm³/mol. The molecule has 0 N–H and O–H groups in total. The molecule has 1 amide bonds. The highest BCUT2D eigenvalue weighted by Gasteiger charge is 2.29. The molecule has 31 heavy (non-hydrogen) atoms. The average Bonchev–Trinajstić information content (AvgIpc) is 3.24. The lowest BCUT2D eigenvalue weighted by molar-refractivity contribution is 0.0979. The Hall–Kier alpha value is -3.86. The summed E-state index contributed by atoms with van der Waals surface area (Å²) in [4.78, 5) is 20.1. The van der Waals surface area contributed by atoms with E-state index in [4.69, 9.17) is 9.72 Å². The van der Waals surface area contributed by atoms with Crippen molar-refractivity contribution in [2.45, 2.75) is 20.5 Å². The van der Waals surface area contributed by atoms with Gasteiger partial charge in [0, 0.05) is 16.7 Å². The highest BCUT2D eigenvalue weighted by atomic mass is 16.5. The summed E-state index contributed by atoms with van der Waals surface area (Å²) >= 11 is 0. The normalized spacial score (nSPS) is 12.3. The van der Waals surface area contributed by atoms with Crippen molar-refractivity contribution in [2.24, 2.45) is 0 Å². The predicted octanol–water partition coefficient (Wildman–Crippen LogP) is 5.46. The maximum Gasteiger partial charge on any atom is 0.259 e. The van der Waals surface area contributed by atoms with E-state index < -0.39 is 0 Å². The van der Waals surface area contributed by atoms with Crippen LogP contribution in [-0.2, 0) is 6.67 Å². The molecule has 1 aromatic heterocycles. The Labute approximate surface area is 181 Å². The van der Waals surface area contributed by atoms with Gasteiger partial charge in [0.25, 0.3) is 5.91 Å². The van der Waals surface area contributed by atoms with Crippen molar-refractivity contribution in [1.29, 1.82) is 0 Å². The lowest BCUT2D eigenvalue weighted by Gasteiger charge is -2.32. The number of carbonyl (C=O) groups excluding carboxylic acids is 1. The first kappa shape index (κ1) is 19.1. The average molecular weight is 409 g/mol. The Morgan fingerprint density at radius 1 is 0.968 bits per heavy atom. The van der Waals surface area contributed by atoms with E-state index in [1.807, 2.05) is 84.8 Å². The summed E-state index contributed by atoms with van der Waals surface area (Å²) in [6.45, 7) is 4.49. The largest absolute Gasteiger partial charge is 0.497 e. The van der Waals surface area contributed by atoms with Crippen molar-refractivity contribution in [3.63, 3.8) is 0 Å². The van der Waals surface area contributed by atoms with Crippen LogP contribution in [0.3, 0.4) is 0 Å². The van der Waals surface area contributed by atoms with Gasteiger partial charge in [0.2, 0.25) is 0 Å². The van der Waals surface area contributed by atoms with Gasteiger partial charge >= 0.3 is 0 Å². The molecule has 0 radical (unpaired) electrons. The van der Waals surface area contributed by atoms with Crippen molar-refractivity contribution < 1.29 is 9.53 Å². The molecule has 0 bridgehead atoms. The van der Waals surface area contributed by atoms with E-state index in [-0.39, 0.29) is 5.91 Å². The second-order valence-corrected chi connectivity index (χ2v) is 7.81. The van der Waals surface area contributed by atoms with E-state index in [2.05, 4.69) is 11.5 Å². The number of fused-ring (bicyclic) bond motifs is 3. The van der Waals surface area contributed by atoms with E-state index in [1.54, 1.807) is 7.11 Å². The van der Waals surface area contributed by atoms with E-state index in [0.717, 1.165) is 39.6 Å². The number of benzene rings is 3. The van der Waals surface area contributed by atoms with E-state index in [1.165, 1.54) is 5.56 Å². The van der Waals surface area contributed by atoms with Gasteiger partial charge in [-0.25, -0.2) is 4.98 Å². The molecule has 0 atom stereocenters. The molecule has 4 aromatic rings. The van der Waals surface area contributed by atoms with Crippen molar-refractivity contribution >= 4 is 11.6 Å². The summed E-state index contributed by atoms with van der Waals surface area (Å²) in [5.74, 6) is 1.60. The minimum absolute atomic E-state index is 0.0180. The molecule has 1 aliphatic heterocycles. The van der Waals surface area contributed by atoms with Crippen LogP contribution in [-0.4, -0.2) is 22.6 Å². The van der Waals surface area contributed by atoms with Crippen LogP contribution in [0, 0.1) is 13.8 Å². The zero-order chi connectivity index (χ0) is 21.5. The highest BCUT2D eigenvalue weighted by Crippen LogP contribution is 2.39. The molecular formula is C26H23N3O2. The summed E-state index contributed by atoms with van der Waals surface area (Å²) in [6.07, 6.45) is 1.89. The minimum Gasteiger partial charge on any atom is -0.497 e. The van der Waals surface area contributed by atoms with Crippen LogP contribution in [0.15, 0.2) is 72.9 Å². The summed E-state index contributed by atoms with van der Waals surface area (Å²) in [5.41, 5.74) is 6.85. The van der Waals surface area contributed by atoms with Crippen LogP contribution >= 0.6 is 0 Å². The molecule has 3 aromatic carbocycles. The van der Waals surface area contributed by atoms with Crippen LogP contribution in [0.2, 0.25) is 0 Å². The second-order valence-electron chi connectivity index (χ2n) is 7.81. The van der Waals surface area contributed by atoms with Crippen molar-refractivity contribution in [3.05, 3.63) is 89.6 Å². The van der Waals surface area contributed by atoms with Gasteiger partial charge in [-0.1, -0.05) is 24.3 Å². The zero-order valence-corrected chi connectivity index (χ0v) is 17.8. The third-order valence-corrected chi connectivity index (χ3v) is 5.96. The first-order valence-electron chi connectivity index (χ1n) is 10.3. The maximum absolute atomic E-state index is 13.6. The fourth-order valence-electron chi connectivity index (χ4n) is 4.05. The Balaban J connectivity index is 1.61. The Kier molecular flexibility index (Phi) is 4.59. The van der Waals surface area contributed by atoms with E-state index in [9.17, 15) is 4.79 Å². The van der Waals surface area contributed by atoms with Crippen molar-refractivity contribution in [1.82, 2.24) is 9.55 Å². The molecule has 5 heteroatoms. The Morgan fingerprint density at radius 2 is 1.74 bits per heavy atom. The van der Waals surface area contributed by atoms with Crippen molar-refractivity contribution in [2.75, 3.05) is 12.0 Å². The molecule has 0 fully saturated rings. The number of carbonyl (C=O) groups is 1. The molecule has 0 saturated heterocycles. The highest BCUT2D eigenvalue weighted by molar-refractivity contribution is 6.08. The lowest BCUT2D eigenvalue weighted by Crippen LogP contribution is -2.36. The van der Waals surface area contributed by atoms with E-state index >= 15 is 0 Å². The maximum atomic E-state index is 13.6. The number of nitrogens with zero attached hydrogens (tertiary/aromatic N) is 3. The number of para-hydroxylation sites is 1. The van der Waals surface area contributed by atoms with Gasteiger partial charge in [0.15, 0.2) is 0 Å². The van der Waals surface area contributed by atoms with Crippen LogP contribution in [0.5, 0.6) is 5.75 Å². The first-order chi connectivity index (χ1) is 15.1. The zero-order valence-electron chi connectivity index (χ0n) is 17.8. The number of methoxy groups -OCH3 is 1. The number of ether oxygens (including phenoxy) is 1. The molecule has 0 spiro atoms. The smallest absolute Gasteiger partial charge is 0.259 e. The molecule has 154 valence electrons. The minimum atomic E-state index is -0.0180. The van der Waals surface area contributed by atoms with Gasteiger partial charge in [0.1, 0.15) is 18.2 Å². The second kappa shape index (κ2) is 7.43. The number of imidazole rings is 1. The van der Waals surface area contributed by atoms with Crippen molar-refractivity contribution in [3.8, 4) is 28.4 Å². The standard InChI is InChI=1S/C26H23N3O2/c1-17-8-9-20(14-18(17)2)26(30)29-16-28-24(22-6-4-5-7-23(22)29)15-27-25(28)19-10-12-21(31-3)13-11-19/h4-15H,16H2,1-3H3. The molecule has 0 aliphatic carbocycles. The lowest BCUT2D eigenvalue weighted by atomic mass is 10.0. The third kappa shape index (κ3) is 3.19. The van der Waals surface area contributed by atoms with E-state index in [0.29, 0.717) is 12.2 Å². The number of anilines is 1. The number of aryl methyl sites for hydroxylation is 2. The van der Waals surface area contributed by atoms with Crippen LogP contribution in [0.25, 0.3) is 22.6 Å². The number of hydrogen-bond donors (Lipinski definition) is 0. The molecule has 1 aliphatic rings. The quantitative estimate of drug-likeness (QED) is 0.451. The van der Waals surface area contributed by atoms with Gasteiger partial charge in [-0.05, 0) is 67.4 Å². The number of rotatable bonds is 3. The summed E-state index contributed by atoms with van der Waals surface area (Å²) in [5, 5.41) is 0. The fraction of sp³-hybridized carbons (Fsp3) is 0.154. The Bertz CT molecular complexity index is 1290. The van der Waals surface area contributed by atoms with Gasteiger partial charge in [-0.3, -0.25) is 9.69 Å². The topological polar surface area (TPSA) is 47.4 Å². The number of amides is 1. The van der Waals surface area contributed by atoms with Gasteiger partial charge < -0.3 is 9.30 Å². The molecular weight excluding hydrogens is 386 g/mol. The number of hydrogen-bond acceptors (Lipinski definition) is 3. The summed E-state index contributed by atoms with van der Waals surface area (Å²) < 4.78 is 7.38. The first-order valence-corrected chi connectivity index (χ1v) is 10.3. The van der Waals surface area contributed by atoms with Crippen LogP contribution < -0.4 is 9.64 Å². The molecule has 5 nitrogen and oxygen atoms in total. The van der Waals surface area contributed by atoms with Gasteiger partial charge in [0.05, 0.1) is 24.7 Å². The van der Waals surface area contributed by atoms with Gasteiger partial charge in [-0.15, -0.1) is 0 Å². The van der Waals surface area contributed by atoms with Crippen LogP contribution in [0.4, 0.5) is 5.69 Å². The Morgan fingerprint density at radius 3 is 2.48 bits per heavy atom. The fourth-order valence-corrected chi connectivity index (χ4v) is 4.05. The molecule has 2 heterocycles.